The van der Waals surface area contributed by atoms with Crippen LogP contribution in [0.25, 0.3) is 0 Å². The average molecular weight is 569 g/mol. The number of halogens is 2. The summed E-state index contributed by atoms with van der Waals surface area (Å²) in [6.45, 7) is 1.42. The van der Waals surface area contributed by atoms with Gasteiger partial charge >= 0.3 is 0 Å². The molecule has 0 unspecified atom stereocenters. The summed E-state index contributed by atoms with van der Waals surface area (Å²) in [6, 6.07) is 23.9. The van der Waals surface area contributed by atoms with Crippen molar-refractivity contribution in [2.45, 2.75) is 13.1 Å². The Morgan fingerprint density at radius 3 is 1.74 bits per heavy atom. The van der Waals surface area contributed by atoms with E-state index in [1.807, 2.05) is 54.8 Å². The van der Waals surface area contributed by atoms with Gasteiger partial charge in [-0.3, -0.25) is 0 Å². The van der Waals surface area contributed by atoms with Gasteiger partial charge in [0.25, 0.3) is 0 Å². The molecule has 0 aliphatic carbocycles. The highest BCUT2D eigenvalue weighted by Crippen LogP contribution is 2.27. The molecule has 0 bridgehead atoms. The van der Waals surface area contributed by atoms with Gasteiger partial charge in [0.05, 0.1) is 24.9 Å². The lowest BCUT2D eigenvalue weighted by atomic mass is 10.1. The number of thioether (sulfide) groups is 1. The number of aliphatic imine (C=N–C) groups is 1. The van der Waals surface area contributed by atoms with Crippen molar-refractivity contribution in [3.05, 3.63) is 88.9 Å². The largest absolute Gasteiger partial charge is 0.497 e. The molecule has 164 valence electrons. The van der Waals surface area contributed by atoms with Gasteiger partial charge in [0.1, 0.15) is 11.5 Å². The van der Waals surface area contributed by atoms with Gasteiger partial charge in [0, 0.05) is 13.1 Å². The van der Waals surface area contributed by atoms with E-state index < -0.39 is 0 Å². The zero-order chi connectivity index (χ0) is 21.3. The summed E-state index contributed by atoms with van der Waals surface area (Å²) in [6.07, 6.45) is 2.03. The quantitative estimate of drug-likeness (QED) is 0.174. The van der Waals surface area contributed by atoms with Crippen LogP contribution in [0.15, 0.2) is 77.8 Å². The standard InChI is InChI=1S/C24H25ClN2O2S.HI/c1-28-20-12-8-18(9-13-20)16-27(17-19-10-14-21(29-2)15-11-19)24(30-3)26-23-7-5-4-6-22(23)25;/h4-15H,16-17H2,1-3H3;1H. The van der Waals surface area contributed by atoms with Crippen molar-refractivity contribution in [1.29, 1.82) is 0 Å². The molecule has 3 rings (SSSR count). The van der Waals surface area contributed by atoms with E-state index in [1.165, 1.54) is 11.1 Å². The molecular formula is C24H26ClIN2O2S. The summed E-state index contributed by atoms with van der Waals surface area (Å²) < 4.78 is 10.6. The summed E-state index contributed by atoms with van der Waals surface area (Å²) in [4.78, 5) is 7.11. The fourth-order valence-corrected chi connectivity index (χ4v) is 3.74. The molecule has 4 nitrogen and oxygen atoms in total. The second-order valence-electron chi connectivity index (χ2n) is 6.60. The molecule has 0 aliphatic heterocycles. The molecule has 0 fully saturated rings. The zero-order valence-corrected chi connectivity index (χ0v) is 21.7. The van der Waals surface area contributed by atoms with Gasteiger partial charge in [-0.05, 0) is 53.8 Å². The Hall–Kier alpha value is -1.90. The highest BCUT2D eigenvalue weighted by Gasteiger charge is 2.14. The van der Waals surface area contributed by atoms with Gasteiger partial charge in [0.2, 0.25) is 0 Å². The smallest absolute Gasteiger partial charge is 0.164 e. The van der Waals surface area contributed by atoms with Gasteiger partial charge in [-0.1, -0.05) is 59.8 Å². The Bertz CT molecular complexity index is 932. The Morgan fingerprint density at radius 2 is 1.32 bits per heavy atom. The van der Waals surface area contributed by atoms with Crippen LogP contribution in [0.1, 0.15) is 11.1 Å². The molecule has 7 heteroatoms. The maximum absolute atomic E-state index is 6.35. The molecule has 0 heterocycles. The third-order valence-electron chi connectivity index (χ3n) is 4.59. The molecule has 31 heavy (non-hydrogen) atoms. The van der Waals surface area contributed by atoms with E-state index in [0.29, 0.717) is 18.1 Å². The molecule has 0 saturated carbocycles. The van der Waals surface area contributed by atoms with Crippen molar-refractivity contribution in [2.24, 2.45) is 4.99 Å². The minimum Gasteiger partial charge on any atom is -0.497 e. The normalized spacial score (nSPS) is 10.9. The van der Waals surface area contributed by atoms with Crippen LogP contribution in [0.4, 0.5) is 5.69 Å². The van der Waals surface area contributed by atoms with Crippen LogP contribution in [-0.4, -0.2) is 30.5 Å². The summed E-state index contributed by atoms with van der Waals surface area (Å²) in [7, 11) is 3.35. The first kappa shape index (κ1) is 25.4. The Labute approximate surface area is 210 Å². The molecule has 0 N–H and O–H groups in total. The lowest BCUT2D eigenvalue weighted by Gasteiger charge is -2.26. The minimum absolute atomic E-state index is 0. The Kier molecular flexibility index (Phi) is 10.5. The van der Waals surface area contributed by atoms with E-state index in [4.69, 9.17) is 26.1 Å². The fourth-order valence-electron chi connectivity index (χ4n) is 2.98. The molecule has 0 atom stereocenters. The maximum Gasteiger partial charge on any atom is 0.164 e. The molecule has 0 radical (unpaired) electrons. The van der Waals surface area contributed by atoms with Crippen LogP contribution in [0.5, 0.6) is 11.5 Å². The summed E-state index contributed by atoms with van der Waals surface area (Å²) >= 11 is 7.96. The van der Waals surface area contributed by atoms with Gasteiger partial charge in [-0.15, -0.1) is 24.0 Å². The topological polar surface area (TPSA) is 34.1 Å². The second-order valence-corrected chi connectivity index (χ2v) is 7.78. The lowest BCUT2D eigenvalue weighted by Crippen LogP contribution is -2.27. The predicted octanol–water partition coefficient (Wildman–Crippen LogP) is 7.03. The predicted molar refractivity (Wildman–Crippen MR) is 143 cm³/mol. The molecule has 0 aliphatic rings. The molecule has 3 aromatic rings. The lowest BCUT2D eigenvalue weighted by molar-refractivity contribution is 0.405. The SMILES string of the molecule is COc1ccc(CN(Cc2ccc(OC)cc2)C(=Nc2ccccc2Cl)SC)cc1.I. The van der Waals surface area contributed by atoms with Crippen molar-refractivity contribution in [2.75, 3.05) is 20.5 Å². The van der Waals surface area contributed by atoms with Gasteiger partial charge in [-0.2, -0.15) is 0 Å². The Balaban J connectivity index is 0.00000341. The summed E-state index contributed by atoms with van der Waals surface area (Å²) in [5, 5.41) is 1.53. The number of benzene rings is 3. The molecule has 3 aromatic carbocycles. The minimum atomic E-state index is 0. The summed E-state index contributed by atoms with van der Waals surface area (Å²) in [5.74, 6) is 1.69. The van der Waals surface area contributed by atoms with Crippen LogP contribution in [0.2, 0.25) is 5.02 Å². The monoisotopic (exact) mass is 568 g/mol. The fraction of sp³-hybridized carbons (Fsp3) is 0.208. The Morgan fingerprint density at radius 1 is 0.839 bits per heavy atom. The number of para-hydroxylation sites is 1. The number of methoxy groups -OCH3 is 2. The maximum atomic E-state index is 6.35. The van der Waals surface area contributed by atoms with E-state index in [0.717, 1.165) is 22.4 Å². The highest BCUT2D eigenvalue weighted by molar-refractivity contribution is 14.0. The first-order valence-corrected chi connectivity index (χ1v) is 11.1. The van der Waals surface area contributed by atoms with Crippen molar-refractivity contribution in [3.8, 4) is 11.5 Å². The van der Waals surface area contributed by atoms with E-state index in [9.17, 15) is 0 Å². The average Bonchev–Trinajstić information content (AvgIpc) is 2.79. The van der Waals surface area contributed by atoms with Crippen molar-refractivity contribution >= 4 is 58.2 Å². The highest BCUT2D eigenvalue weighted by atomic mass is 127. The third-order valence-corrected chi connectivity index (χ3v) is 5.62. The van der Waals surface area contributed by atoms with Gasteiger partial charge < -0.3 is 14.4 Å². The summed E-state index contributed by atoms with van der Waals surface area (Å²) in [5.41, 5.74) is 3.11. The number of rotatable bonds is 7. The number of hydrogen-bond donors (Lipinski definition) is 0. The molecule has 0 aromatic heterocycles. The molecule has 0 amide bonds. The number of nitrogens with zero attached hydrogens (tertiary/aromatic N) is 2. The van der Waals surface area contributed by atoms with Gasteiger partial charge in [0.15, 0.2) is 5.17 Å². The van der Waals surface area contributed by atoms with Crippen molar-refractivity contribution in [3.63, 3.8) is 0 Å². The van der Waals surface area contributed by atoms with E-state index in [2.05, 4.69) is 29.2 Å². The molecule has 0 saturated heterocycles. The van der Waals surface area contributed by atoms with Crippen molar-refractivity contribution in [1.82, 2.24) is 4.90 Å². The number of amidine groups is 1. The van der Waals surface area contributed by atoms with E-state index in [1.54, 1.807) is 26.0 Å². The van der Waals surface area contributed by atoms with Crippen LogP contribution < -0.4 is 9.47 Å². The third kappa shape index (κ3) is 7.33. The van der Waals surface area contributed by atoms with E-state index in [-0.39, 0.29) is 24.0 Å². The zero-order valence-electron chi connectivity index (χ0n) is 17.7. The first-order chi connectivity index (χ1) is 14.6. The van der Waals surface area contributed by atoms with Gasteiger partial charge in [-0.25, -0.2) is 4.99 Å². The number of hydrogen-bond acceptors (Lipinski definition) is 4. The van der Waals surface area contributed by atoms with Crippen LogP contribution in [0.3, 0.4) is 0 Å². The van der Waals surface area contributed by atoms with Crippen LogP contribution in [-0.2, 0) is 13.1 Å². The first-order valence-electron chi connectivity index (χ1n) is 9.51. The van der Waals surface area contributed by atoms with Crippen LogP contribution >= 0.6 is 47.3 Å². The molecular weight excluding hydrogens is 543 g/mol. The van der Waals surface area contributed by atoms with Crippen molar-refractivity contribution < 1.29 is 9.47 Å². The molecule has 0 spiro atoms. The number of ether oxygens (including phenoxy) is 2. The van der Waals surface area contributed by atoms with Crippen LogP contribution in [0, 0.1) is 0 Å². The second kappa shape index (κ2) is 12.8. The van der Waals surface area contributed by atoms with E-state index >= 15 is 0 Å².